The molecule has 0 amide bonds. The van der Waals surface area contributed by atoms with Gasteiger partial charge in [0.05, 0.1) is 23.1 Å². The molecular formula is C15H15FN4. The highest BCUT2D eigenvalue weighted by molar-refractivity contribution is 5.90. The van der Waals surface area contributed by atoms with Gasteiger partial charge in [0.25, 0.3) is 0 Å². The van der Waals surface area contributed by atoms with E-state index in [1.165, 1.54) is 12.1 Å². The topological polar surface area (TPSA) is 57.9 Å². The summed E-state index contributed by atoms with van der Waals surface area (Å²) < 4.78 is 13.4. The van der Waals surface area contributed by atoms with Crippen LogP contribution in [0.4, 0.5) is 21.5 Å². The number of halogens is 1. The van der Waals surface area contributed by atoms with Crippen molar-refractivity contribution in [2.75, 3.05) is 17.2 Å². The fourth-order valence-corrected chi connectivity index (χ4v) is 2.37. The van der Waals surface area contributed by atoms with Gasteiger partial charge in [0.2, 0.25) is 0 Å². The Kier molecular flexibility index (Phi) is 3.02. The number of nitrogens with zero attached hydrogens (tertiary/aromatic N) is 2. The van der Waals surface area contributed by atoms with Crippen molar-refractivity contribution >= 4 is 28.0 Å². The molecule has 3 aromatic rings. The molecule has 0 saturated heterocycles. The first-order valence-electron chi connectivity index (χ1n) is 6.44. The van der Waals surface area contributed by atoms with Gasteiger partial charge in [-0.05, 0) is 37.3 Å². The molecule has 0 aliphatic rings. The van der Waals surface area contributed by atoms with E-state index in [1.54, 1.807) is 12.3 Å². The molecule has 0 aliphatic carbocycles. The minimum absolute atomic E-state index is 0.262. The van der Waals surface area contributed by atoms with E-state index < -0.39 is 0 Å². The molecule has 0 aliphatic heterocycles. The Labute approximate surface area is 116 Å². The van der Waals surface area contributed by atoms with E-state index in [9.17, 15) is 4.39 Å². The molecule has 0 atom stereocenters. The van der Waals surface area contributed by atoms with Crippen LogP contribution in [0, 0.1) is 5.82 Å². The van der Waals surface area contributed by atoms with Crippen LogP contribution in [0.1, 0.15) is 6.92 Å². The van der Waals surface area contributed by atoms with Crippen molar-refractivity contribution in [3.63, 3.8) is 0 Å². The zero-order valence-corrected chi connectivity index (χ0v) is 11.1. The number of aromatic amines is 1. The maximum atomic E-state index is 13.4. The quantitative estimate of drug-likeness (QED) is 0.717. The number of benzene rings is 2. The van der Waals surface area contributed by atoms with Crippen LogP contribution in [-0.2, 0) is 0 Å². The number of nitrogen functional groups attached to an aromatic ring is 1. The zero-order chi connectivity index (χ0) is 14.1. The molecule has 3 rings (SSSR count). The highest BCUT2D eigenvalue weighted by atomic mass is 19.1. The van der Waals surface area contributed by atoms with Crippen LogP contribution in [0.3, 0.4) is 0 Å². The lowest BCUT2D eigenvalue weighted by atomic mass is 10.1. The fourth-order valence-electron chi connectivity index (χ4n) is 2.37. The van der Waals surface area contributed by atoms with Crippen molar-refractivity contribution in [2.24, 2.45) is 0 Å². The van der Waals surface area contributed by atoms with Gasteiger partial charge in [-0.25, -0.2) is 4.39 Å². The molecule has 0 radical (unpaired) electrons. The number of H-pyrrole nitrogens is 1. The van der Waals surface area contributed by atoms with Crippen molar-refractivity contribution in [1.29, 1.82) is 0 Å². The third-order valence-electron chi connectivity index (χ3n) is 3.31. The van der Waals surface area contributed by atoms with E-state index in [4.69, 9.17) is 5.73 Å². The molecule has 1 aromatic heterocycles. The predicted octanol–water partition coefficient (Wildman–Crippen LogP) is 3.44. The number of aromatic nitrogens is 2. The lowest BCUT2D eigenvalue weighted by molar-refractivity contribution is 0.627. The van der Waals surface area contributed by atoms with E-state index in [-0.39, 0.29) is 5.82 Å². The summed E-state index contributed by atoms with van der Waals surface area (Å²) in [5.41, 5.74) is 9.29. The van der Waals surface area contributed by atoms with E-state index in [2.05, 4.69) is 10.2 Å². The highest BCUT2D eigenvalue weighted by Gasteiger charge is 2.13. The molecule has 1 heterocycles. The number of fused-ring (bicyclic) bond motifs is 1. The summed E-state index contributed by atoms with van der Waals surface area (Å²) in [6.45, 7) is 2.69. The van der Waals surface area contributed by atoms with Gasteiger partial charge in [0, 0.05) is 17.6 Å². The lowest BCUT2D eigenvalue weighted by Crippen LogP contribution is -2.17. The van der Waals surface area contributed by atoms with Crippen molar-refractivity contribution in [3.05, 3.63) is 48.4 Å². The van der Waals surface area contributed by atoms with E-state index >= 15 is 0 Å². The third-order valence-corrected chi connectivity index (χ3v) is 3.31. The molecule has 20 heavy (non-hydrogen) atoms. The first-order valence-corrected chi connectivity index (χ1v) is 6.44. The monoisotopic (exact) mass is 270 g/mol. The van der Waals surface area contributed by atoms with Crippen LogP contribution < -0.4 is 10.6 Å². The fraction of sp³-hybridized carbons (Fsp3) is 0.133. The number of nitrogens with two attached hydrogens (primary N) is 1. The number of hydrogen-bond donors (Lipinski definition) is 2. The Balaban J connectivity index is 2.13. The average Bonchev–Trinajstić information content (AvgIpc) is 2.87. The molecule has 102 valence electrons. The molecule has 2 aromatic carbocycles. The van der Waals surface area contributed by atoms with Crippen molar-refractivity contribution in [2.45, 2.75) is 6.92 Å². The van der Waals surface area contributed by atoms with Gasteiger partial charge in [-0.2, -0.15) is 5.10 Å². The van der Waals surface area contributed by atoms with Gasteiger partial charge in [0.15, 0.2) is 0 Å². The van der Waals surface area contributed by atoms with Crippen LogP contribution in [0.25, 0.3) is 10.9 Å². The Morgan fingerprint density at radius 1 is 1.30 bits per heavy atom. The van der Waals surface area contributed by atoms with Gasteiger partial charge in [0.1, 0.15) is 5.82 Å². The maximum absolute atomic E-state index is 13.4. The molecule has 4 nitrogen and oxygen atoms in total. The number of nitrogens with one attached hydrogen (secondary N) is 1. The van der Waals surface area contributed by atoms with Gasteiger partial charge in [-0.15, -0.1) is 0 Å². The summed E-state index contributed by atoms with van der Waals surface area (Å²) in [6, 6.07) is 10.3. The highest BCUT2D eigenvalue weighted by Crippen LogP contribution is 2.33. The molecule has 3 N–H and O–H groups in total. The van der Waals surface area contributed by atoms with Crippen molar-refractivity contribution in [3.8, 4) is 0 Å². The van der Waals surface area contributed by atoms with E-state index in [0.717, 1.165) is 22.3 Å². The van der Waals surface area contributed by atoms with Crippen molar-refractivity contribution < 1.29 is 4.39 Å². The SMILES string of the molecule is CCN(c1cccc(F)c1)c1cc2[nH]ncc2cc1N. The second-order valence-corrected chi connectivity index (χ2v) is 4.59. The van der Waals surface area contributed by atoms with Gasteiger partial charge in [-0.3, -0.25) is 5.10 Å². The summed E-state index contributed by atoms with van der Waals surface area (Å²) in [5.74, 6) is -0.262. The van der Waals surface area contributed by atoms with Gasteiger partial charge >= 0.3 is 0 Å². The zero-order valence-electron chi connectivity index (χ0n) is 11.1. The Morgan fingerprint density at radius 3 is 2.90 bits per heavy atom. The molecule has 0 saturated carbocycles. The maximum Gasteiger partial charge on any atom is 0.125 e. The van der Waals surface area contributed by atoms with Crippen LogP contribution >= 0.6 is 0 Å². The molecule has 0 spiro atoms. The number of anilines is 3. The second-order valence-electron chi connectivity index (χ2n) is 4.59. The van der Waals surface area contributed by atoms with E-state index in [1.807, 2.05) is 30.0 Å². The van der Waals surface area contributed by atoms with Gasteiger partial charge < -0.3 is 10.6 Å². The first-order chi connectivity index (χ1) is 9.69. The summed E-state index contributed by atoms with van der Waals surface area (Å²) in [5, 5.41) is 7.88. The smallest absolute Gasteiger partial charge is 0.125 e. The van der Waals surface area contributed by atoms with Crippen LogP contribution in [0.5, 0.6) is 0 Å². The predicted molar refractivity (Wildman–Crippen MR) is 79.6 cm³/mol. The minimum atomic E-state index is -0.262. The normalized spacial score (nSPS) is 10.9. The number of rotatable bonds is 3. The molecule has 0 unspecified atom stereocenters. The minimum Gasteiger partial charge on any atom is -0.397 e. The Morgan fingerprint density at radius 2 is 2.15 bits per heavy atom. The molecule has 5 heteroatoms. The van der Waals surface area contributed by atoms with E-state index in [0.29, 0.717) is 12.2 Å². The molecule has 0 bridgehead atoms. The third kappa shape index (κ3) is 2.07. The van der Waals surface area contributed by atoms with Crippen molar-refractivity contribution in [1.82, 2.24) is 10.2 Å². The Bertz CT molecular complexity index is 750. The molecular weight excluding hydrogens is 255 g/mol. The second kappa shape index (κ2) is 4.85. The van der Waals surface area contributed by atoms with Crippen LogP contribution in [-0.4, -0.2) is 16.7 Å². The van der Waals surface area contributed by atoms with Crippen LogP contribution in [0.15, 0.2) is 42.6 Å². The first kappa shape index (κ1) is 12.5. The summed E-state index contributed by atoms with van der Waals surface area (Å²) in [7, 11) is 0. The standard InChI is InChI=1S/C15H15FN4/c1-2-20(12-5-3-4-11(16)7-12)15-8-14-10(6-13(15)17)9-18-19-14/h3-9H,2,17H2,1H3,(H,18,19). The summed E-state index contributed by atoms with van der Waals surface area (Å²) in [4.78, 5) is 1.97. The largest absolute Gasteiger partial charge is 0.397 e. The lowest BCUT2D eigenvalue weighted by Gasteiger charge is -2.25. The average molecular weight is 270 g/mol. The van der Waals surface area contributed by atoms with Crippen LogP contribution in [0.2, 0.25) is 0 Å². The molecule has 0 fully saturated rings. The Hall–Kier alpha value is -2.56. The summed E-state index contributed by atoms with van der Waals surface area (Å²) >= 11 is 0. The number of hydrogen-bond acceptors (Lipinski definition) is 3. The summed E-state index contributed by atoms with van der Waals surface area (Å²) in [6.07, 6.45) is 1.73. The van der Waals surface area contributed by atoms with Gasteiger partial charge in [-0.1, -0.05) is 6.07 Å².